The topological polar surface area (TPSA) is 88.3 Å². The maximum Gasteiger partial charge on any atom is 0.416 e. The van der Waals surface area contributed by atoms with Crippen LogP contribution in [0.5, 0.6) is 0 Å². The minimum atomic E-state index is -4.73. The van der Waals surface area contributed by atoms with Crippen LogP contribution in [-0.4, -0.2) is 32.8 Å². The third-order valence-electron chi connectivity index (χ3n) is 5.25. The van der Waals surface area contributed by atoms with Crippen molar-refractivity contribution in [2.75, 3.05) is 11.2 Å². The molecular weight excluding hydrogens is 461 g/mol. The van der Waals surface area contributed by atoms with Gasteiger partial charge in [-0.25, -0.2) is 0 Å². The summed E-state index contributed by atoms with van der Waals surface area (Å²) >= 11 is 5.46. The van der Waals surface area contributed by atoms with Crippen LogP contribution in [0.2, 0.25) is 0 Å². The van der Waals surface area contributed by atoms with Crippen LogP contribution >= 0.6 is 11.6 Å². The lowest BCUT2D eigenvalue weighted by Crippen LogP contribution is -2.39. The highest BCUT2D eigenvalue weighted by Crippen LogP contribution is 2.36. The summed E-state index contributed by atoms with van der Waals surface area (Å²) in [4.78, 5) is 26.6. The zero-order valence-corrected chi connectivity index (χ0v) is 18.1. The monoisotopic (exact) mass is 478 g/mol. The Bertz CT molecular complexity index is 1210. The first-order valence-electron chi connectivity index (χ1n) is 9.91. The molecule has 0 radical (unpaired) electrons. The molecule has 0 saturated carbocycles. The first kappa shape index (κ1) is 22.8. The van der Waals surface area contributed by atoms with Crippen molar-refractivity contribution in [3.8, 4) is 0 Å². The van der Waals surface area contributed by atoms with Crippen molar-refractivity contribution < 1.29 is 27.2 Å². The van der Waals surface area contributed by atoms with E-state index in [-0.39, 0.29) is 23.7 Å². The molecule has 0 aliphatic carbocycles. The number of nitrogens with zero attached hydrogens (tertiary/aromatic N) is 3. The average Bonchev–Trinajstić information content (AvgIpc) is 3.22. The van der Waals surface area contributed by atoms with E-state index < -0.39 is 35.5 Å². The fraction of sp³-hybridized carbons (Fsp3) is 0.273. The summed E-state index contributed by atoms with van der Waals surface area (Å²) in [6.07, 6.45) is -4.37. The number of aromatic nitrogens is 2. The molecule has 2 heterocycles. The van der Waals surface area contributed by atoms with Crippen molar-refractivity contribution in [1.82, 2.24) is 15.1 Å². The molecule has 1 unspecified atom stereocenters. The van der Waals surface area contributed by atoms with Crippen LogP contribution < -0.4 is 5.32 Å². The summed E-state index contributed by atoms with van der Waals surface area (Å²) < 4.78 is 46.1. The lowest BCUT2D eigenvalue weighted by molar-refractivity contribution is -0.137. The van der Waals surface area contributed by atoms with Gasteiger partial charge in [0, 0.05) is 31.1 Å². The van der Waals surface area contributed by atoms with Crippen LogP contribution in [0.4, 0.5) is 18.9 Å². The standard InChI is InChI=1S/C22H18ClF3N4O3/c1-12-28-29-20(33-12)18-8-13-4-2-3-5-14(13)11-30(18)21(32)15-6-16(22(24,25)26)9-17(7-15)27-19(31)10-23/h2-7,9,18H,8,10-11H2,1H3,(H,27,31). The number of carbonyl (C=O) groups excluding carboxylic acids is 2. The number of fused-ring (bicyclic) bond motifs is 1. The molecule has 7 nitrogen and oxygen atoms in total. The van der Waals surface area contributed by atoms with Gasteiger partial charge in [-0.3, -0.25) is 9.59 Å². The van der Waals surface area contributed by atoms with Gasteiger partial charge < -0.3 is 14.6 Å². The normalized spacial score (nSPS) is 15.8. The van der Waals surface area contributed by atoms with Crippen LogP contribution in [0, 0.1) is 6.92 Å². The fourth-order valence-electron chi connectivity index (χ4n) is 3.75. The fourth-order valence-corrected chi connectivity index (χ4v) is 3.82. The van der Waals surface area contributed by atoms with Gasteiger partial charge in [0.15, 0.2) is 0 Å². The number of nitrogens with one attached hydrogen (secondary N) is 1. The summed E-state index contributed by atoms with van der Waals surface area (Å²) in [5, 5.41) is 10.1. The number of anilines is 1. The quantitative estimate of drug-likeness (QED) is 0.557. The molecule has 0 saturated heterocycles. The van der Waals surface area contributed by atoms with E-state index in [1.807, 2.05) is 24.3 Å². The minimum absolute atomic E-state index is 0.140. The first-order valence-corrected chi connectivity index (χ1v) is 10.4. The number of amides is 2. The average molecular weight is 479 g/mol. The second kappa shape index (κ2) is 8.86. The highest BCUT2D eigenvalue weighted by molar-refractivity contribution is 6.29. The Balaban J connectivity index is 1.77. The van der Waals surface area contributed by atoms with Gasteiger partial charge in [-0.05, 0) is 29.3 Å². The molecule has 1 aliphatic heterocycles. The number of hydrogen-bond acceptors (Lipinski definition) is 5. The number of benzene rings is 2. The number of halogens is 4. The van der Waals surface area contributed by atoms with Gasteiger partial charge in [0.2, 0.25) is 17.7 Å². The van der Waals surface area contributed by atoms with Gasteiger partial charge in [-0.1, -0.05) is 24.3 Å². The zero-order valence-electron chi connectivity index (χ0n) is 17.3. The Labute approximate surface area is 191 Å². The number of rotatable bonds is 4. The molecule has 0 fully saturated rings. The van der Waals surface area contributed by atoms with Crippen molar-refractivity contribution in [2.45, 2.75) is 32.1 Å². The third kappa shape index (κ3) is 4.85. The SMILES string of the molecule is Cc1nnc(C2Cc3ccccc3CN2C(=O)c2cc(NC(=O)CCl)cc(C(F)(F)F)c2)o1. The molecule has 33 heavy (non-hydrogen) atoms. The van der Waals surface area contributed by atoms with E-state index in [9.17, 15) is 22.8 Å². The number of aryl methyl sites for hydroxylation is 1. The minimum Gasteiger partial charge on any atom is -0.423 e. The Morgan fingerprint density at radius 1 is 1.18 bits per heavy atom. The predicted molar refractivity (Wildman–Crippen MR) is 113 cm³/mol. The molecule has 2 amide bonds. The number of carbonyl (C=O) groups is 2. The molecule has 11 heteroatoms. The maximum absolute atomic E-state index is 13.5. The molecule has 172 valence electrons. The first-order chi connectivity index (χ1) is 15.7. The predicted octanol–water partition coefficient (Wildman–Crippen LogP) is 4.51. The van der Waals surface area contributed by atoms with Gasteiger partial charge >= 0.3 is 6.18 Å². The van der Waals surface area contributed by atoms with Gasteiger partial charge in [-0.2, -0.15) is 13.2 Å². The molecule has 4 rings (SSSR count). The summed E-state index contributed by atoms with van der Waals surface area (Å²) in [7, 11) is 0. The van der Waals surface area contributed by atoms with E-state index in [4.69, 9.17) is 16.0 Å². The second-order valence-corrected chi connectivity index (χ2v) is 7.83. The van der Waals surface area contributed by atoms with Gasteiger partial charge in [-0.15, -0.1) is 21.8 Å². The zero-order chi connectivity index (χ0) is 23.8. The Kier molecular flexibility index (Phi) is 6.11. The molecule has 1 aliphatic rings. The van der Waals surface area contributed by atoms with Crippen molar-refractivity contribution in [3.63, 3.8) is 0 Å². The highest BCUT2D eigenvalue weighted by Gasteiger charge is 2.37. The molecule has 3 aromatic rings. The van der Waals surface area contributed by atoms with Crippen LogP contribution in [-0.2, 0) is 23.9 Å². The Morgan fingerprint density at radius 3 is 2.55 bits per heavy atom. The van der Waals surface area contributed by atoms with E-state index in [1.165, 1.54) is 11.0 Å². The summed E-state index contributed by atoms with van der Waals surface area (Å²) in [6, 6.07) is 9.50. The lowest BCUT2D eigenvalue weighted by atomic mass is 9.93. The van der Waals surface area contributed by atoms with Gasteiger partial charge in [0.05, 0.1) is 5.56 Å². The van der Waals surface area contributed by atoms with Crippen molar-refractivity contribution in [1.29, 1.82) is 0 Å². The van der Waals surface area contributed by atoms with Crippen molar-refractivity contribution >= 4 is 29.1 Å². The summed E-state index contributed by atoms with van der Waals surface area (Å²) in [5.74, 6) is -1.31. The van der Waals surface area contributed by atoms with Crippen LogP contribution in [0.3, 0.4) is 0 Å². The summed E-state index contributed by atoms with van der Waals surface area (Å²) in [5.41, 5.74) is 0.347. The second-order valence-electron chi connectivity index (χ2n) is 7.56. The molecule has 0 bridgehead atoms. The summed E-state index contributed by atoms with van der Waals surface area (Å²) in [6.45, 7) is 1.75. The Morgan fingerprint density at radius 2 is 1.91 bits per heavy atom. The van der Waals surface area contributed by atoms with E-state index in [1.54, 1.807) is 6.92 Å². The van der Waals surface area contributed by atoms with E-state index in [2.05, 4.69) is 15.5 Å². The lowest BCUT2D eigenvalue weighted by Gasteiger charge is -2.35. The molecular formula is C22H18ClF3N4O3. The van der Waals surface area contributed by atoms with Crippen molar-refractivity contribution in [2.24, 2.45) is 0 Å². The third-order valence-corrected chi connectivity index (χ3v) is 5.49. The van der Waals surface area contributed by atoms with Crippen LogP contribution in [0.15, 0.2) is 46.9 Å². The van der Waals surface area contributed by atoms with E-state index in [0.717, 1.165) is 23.3 Å². The number of alkyl halides is 4. The highest BCUT2D eigenvalue weighted by atomic mass is 35.5. The Hall–Kier alpha value is -3.40. The van der Waals surface area contributed by atoms with Crippen LogP contribution in [0.1, 0.15) is 44.9 Å². The molecule has 0 spiro atoms. The largest absolute Gasteiger partial charge is 0.423 e. The molecule has 2 aromatic carbocycles. The molecule has 1 atom stereocenters. The molecule has 1 aromatic heterocycles. The smallest absolute Gasteiger partial charge is 0.416 e. The van der Waals surface area contributed by atoms with Crippen molar-refractivity contribution in [3.05, 3.63) is 76.5 Å². The van der Waals surface area contributed by atoms with E-state index >= 15 is 0 Å². The van der Waals surface area contributed by atoms with Gasteiger partial charge in [0.25, 0.3) is 5.91 Å². The maximum atomic E-state index is 13.5. The van der Waals surface area contributed by atoms with Crippen LogP contribution in [0.25, 0.3) is 0 Å². The van der Waals surface area contributed by atoms with E-state index in [0.29, 0.717) is 12.3 Å². The number of hydrogen-bond donors (Lipinski definition) is 1. The molecule has 1 N–H and O–H groups in total. The van der Waals surface area contributed by atoms with Gasteiger partial charge in [0.1, 0.15) is 11.9 Å².